The molecule has 2 heteroatoms. The molecule has 0 aliphatic heterocycles. The van der Waals surface area contributed by atoms with Gasteiger partial charge in [0.2, 0.25) is 0 Å². The second-order valence-corrected chi connectivity index (χ2v) is 13.3. The molecule has 1 aromatic heterocycles. The molecule has 0 amide bonds. The van der Waals surface area contributed by atoms with Gasteiger partial charge in [0.05, 0.1) is 15.1 Å². The van der Waals surface area contributed by atoms with Crippen LogP contribution in [-0.4, -0.2) is 0 Å². The second-order valence-electron chi connectivity index (χ2n) is 13.3. The number of fused-ring (bicyclic) bond motifs is 8. The Morgan fingerprint density at radius 2 is 1.22 bits per heavy atom. The van der Waals surface area contributed by atoms with Crippen LogP contribution in [0.5, 0.6) is 0 Å². The molecule has 0 atom stereocenters. The average molecular weight is 665 g/mol. The van der Waals surface area contributed by atoms with E-state index < -0.39 is 66.0 Å². The third kappa shape index (κ3) is 4.71. The van der Waals surface area contributed by atoms with E-state index in [1.54, 1.807) is 12.1 Å². The Balaban J connectivity index is 1.23. The Morgan fingerprint density at radius 1 is 0.510 bits per heavy atom. The molecule has 0 bridgehead atoms. The van der Waals surface area contributed by atoms with Crippen molar-refractivity contribution in [2.45, 2.75) is 19.3 Å². The van der Waals surface area contributed by atoms with E-state index in [0.29, 0.717) is 5.69 Å². The zero-order valence-electron chi connectivity index (χ0n) is 38.7. The van der Waals surface area contributed by atoms with Crippen LogP contribution in [0.15, 0.2) is 180 Å². The van der Waals surface area contributed by atoms with Gasteiger partial charge in [-0.3, -0.25) is 0 Å². The maximum absolute atomic E-state index is 9.60. The average Bonchev–Trinajstić information content (AvgIpc) is 3.77. The smallest absolute Gasteiger partial charge is 0.137 e. The number of benzene rings is 8. The zero-order chi connectivity index (χ0) is 43.7. The summed E-state index contributed by atoms with van der Waals surface area (Å²) in [5.41, 5.74) is 7.90. The molecule has 2 nitrogen and oxygen atoms in total. The van der Waals surface area contributed by atoms with Crippen LogP contribution < -0.4 is 4.90 Å². The lowest BCUT2D eigenvalue weighted by Gasteiger charge is -2.28. The summed E-state index contributed by atoms with van der Waals surface area (Å²) in [6.45, 7) is 4.42. The quantitative estimate of drug-likeness (QED) is 0.182. The van der Waals surface area contributed by atoms with Crippen LogP contribution in [0.3, 0.4) is 0 Å². The van der Waals surface area contributed by atoms with Crippen LogP contribution in [0, 0.1) is 0 Å². The summed E-state index contributed by atoms with van der Waals surface area (Å²) in [5, 5.41) is -0.000422. The molecule has 51 heavy (non-hydrogen) atoms. The maximum Gasteiger partial charge on any atom is 0.137 e. The number of hydrogen-bond donors (Lipinski definition) is 0. The largest absolute Gasteiger partial charge is 0.456 e. The summed E-state index contributed by atoms with van der Waals surface area (Å²) in [5.74, 6) is 0. The van der Waals surface area contributed by atoms with Crippen LogP contribution in [0.1, 0.15) is 40.1 Å². The van der Waals surface area contributed by atoms with Gasteiger partial charge in [-0.2, -0.15) is 0 Å². The molecule has 1 aliphatic carbocycles. The topological polar surface area (TPSA) is 16.4 Å². The Labute approximate surface area is 313 Å². The van der Waals surface area contributed by atoms with E-state index >= 15 is 0 Å². The fourth-order valence-electron chi connectivity index (χ4n) is 7.49. The van der Waals surface area contributed by atoms with Gasteiger partial charge >= 0.3 is 0 Å². The normalized spacial score (nSPS) is 16.1. The van der Waals surface area contributed by atoms with Gasteiger partial charge in [-0.15, -0.1) is 0 Å². The molecular weight excluding hydrogens is 619 g/mol. The number of rotatable bonds is 5. The van der Waals surface area contributed by atoms with Gasteiger partial charge in [0, 0.05) is 39.3 Å². The summed E-state index contributed by atoms with van der Waals surface area (Å²) < 4.78 is 104. The highest BCUT2D eigenvalue weighted by Crippen LogP contribution is 2.51. The molecule has 242 valence electrons. The van der Waals surface area contributed by atoms with Crippen LogP contribution in [0.2, 0.25) is 0 Å². The summed E-state index contributed by atoms with van der Waals surface area (Å²) in [7, 11) is 0. The summed E-state index contributed by atoms with van der Waals surface area (Å²) in [6.07, 6.45) is 0. The standard InChI is InChI=1S/C49H35NO/c1-49(2)44-16-10-9-15-40(44)41-26-24-38(30-45(41)49)50(37-22-19-34(20-23-37)32-11-5-3-6-12-32)39-25-27-42-47(31-39)51-46-28-21-35-17-18-36(29-43(35)48(42)46)33-13-7-4-8-14-33/h3-31H,1-2H3/i4D,7D,8D,13D,14D,17D,18D,21D,27D,28D,29D. The van der Waals surface area contributed by atoms with Crippen molar-refractivity contribution < 1.29 is 19.5 Å². The van der Waals surface area contributed by atoms with E-state index in [2.05, 4.69) is 50.2 Å². The Morgan fingerprint density at radius 3 is 2.06 bits per heavy atom. The first-order valence-corrected chi connectivity index (χ1v) is 16.8. The number of furan rings is 1. The zero-order valence-corrected chi connectivity index (χ0v) is 27.7. The monoisotopic (exact) mass is 664 g/mol. The predicted molar refractivity (Wildman–Crippen MR) is 214 cm³/mol. The number of nitrogens with zero attached hydrogens (tertiary/aromatic N) is 1. The molecule has 8 aromatic carbocycles. The highest BCUT2D eigenvalue weighted by atomic mass is 16.3. The lowest BCUT2D eigenvalue weighted by Crippen LogP contribution is -2.16. The summed E-state index contributed by atoms with van der Waals surface area (Å²) in [4.78, 5) is 2.04. The van der Waals surface area contributed by atoms with Crippen molar-refractivity contribution >= 4 is 49.8 Å². The van der Waals surface area contributed by atoms with Crippen LogP contribution in [0.4, 0.5) is 17.1 Å². The molecule has 9 aromatic rings. The first-order valence-electron chi connectivity index (χ1n) is 22.3. The fraction of sp³-hybridized carbons (Fsp3) is 0.0612. The SMILES string of the molecule is [2H]c1c([2H])c([2H])c(-c2c([2H])c([2H])c3c([2H])c([2H])c4oc5cc(N(c6ccc(-c7ccccc7)cc6)c6ccc7c(c6)C(C)(C)c6ccccc6-7)cc([2H])c5c4c3c2[2H])c([2H])c1[2H]. The Bertz CT molecular complexity index is 3370. The van der Waals surface area contributed by atoms with Crippen molar-refractivity contribution in [1.29, 1.82) is 0 Å². The van der Waals surface area contributed by atoms with Gasteiger partial charge in [-0.05, 0) is 104 Å². The van der Waals surface area contributed by atoms with Crippen LogP contribution >= 0.6 is 0 Å². The predicted octanol–water partition coefficient (Wildman–Crippen LogP) is 13.8. The molecule has 0 saturated heterocycles. The van der Waals surface area contributed by atoms with E-state index in [1.165, 1.54) is 11.1 Å². The highest BCUT2D eigenvalue weighted by Gasteiger charge is 2.35. The molecule has 0 radical (unpaired) electrons. The number of hydrogen-bond acceptors (Lipinski definition) is 2. The van der Waals surface area contributed by atoms with Crippen molar-refractivity contribution in [3.05, 3.63) is 187 Å². The van der Waals surface area contributed by atoms with E-state index in [4.69, 9.17) is 16.8 Å². The van der Waals surface area contributed by atoms with Crippen molar-refractivity contribution in [2.24, 2.45) is 0 Å². The van der Waals surface area contributed by atoms with Crippen molar-refractivity contribution in [2.75, 3.05) is 4.90 Å². The molecule has 0 spiro atoms. The molecule has 1 aliphatic rings. The molecule has 0 N–H and O–H groups in total. The third-order valence-corrected chi connectivity index (χ3v) is 10.0. The van der Waals surface area contributed by atoms with Gasteiger partial charge in [0.1, 0.15) is 11.2 Å². The lowest BCUT2D eigenvalue weighted by atomic mass is 9.82. The van der Waals surface area contributed by atoms with Gasteiger partial charge < -0.3 is 9.32 Å². The molecule has 10 rings (SSSR count). The molecular formula is C49H35NO. The van der Waals surface area contributed by atoms with Crippen molar-refractivity contribution in [3.8, 4) is 33.4 Å². The van der Waals surface area contributed by atoms with Gasteiger partial charge in [0.15, 0.2) is 0 Å². The fourth-order valence-corrected chi connectivity index (χ4v) is 7.49. The van der Waals surface area contributed by atoms with Gasteiger partial charge in [-0.25, -0.2) is 0 Å². The van der Waals surface area contributed by atoms with Gasteiger partial charge in [0.25, 0.3) is 0 Å². The maximum atomic E-state index is 9.60. The summed E-state index contributed by atoms with van der Waals surface area (Å²) >= 11 is 0. The molecule has 0 unspecified atom stereocenters. The van der Waals surface area contributed by atoms with E-state index in [0.717, 1.165) is 33.6 Å². The van der Waals surface area contributed by atoms with Gasteiger partial charge in [-0.1, -0.05) is 135 Å². The van der Waals surface area contributed by atoms with Crippen molar-refractivity contribution in [1.82, 2.24) is 0 Å². The van der Waals surface area contributed by atoms with E-state index in [1.807, 2.05) is 65.6 Å². The van der Waals surface area contributed by atoms with Crippen LogP contribution in [-0.2, 0) is 5.41 Å². The van der Waals surface area contributed by atoms with Crippen LogP contribution in [0.25, 0.3) is 66.1 Å². The molecule has 1 heterocycles. The molecule has 0 saturated carbocycles. The minimum Gasteiger partial charge on any atom is -0.456 e. The van der Waals surface area contributed by atoms with E-state index in [-0.39, 0.29) is 49.7 Å². The lowest BCUT2D eigenvalue weighted by molar-refractivity contribution is 0.660. The Kier molecular flexibility index (Phi) is 4.52. The van der Waals surface area contributed by atoms with Crippen molar-refractivity contribution in [3.63, 3.8) is 0 Å². The van der Waals surface area contributed by atoms with E-state index in [9.17, 15) is 2.74 Å². The first kappa shape index (κ1) is 20.3. The minimum atomic E-state index is -0.662. The summed E-state index contributed by atoms with van der Waals surface area (Å²) in [6, 6.07) is 30.5. The highest BCUT2D eigenvalue weighted by molar-refractivity contribution is 6.19. The first-order chi connectivity index (χ1) is 29.6. The molecule has 0 fully saturated rings. The third-order valence-electron chi connectivity index (χ3n) is 10.0. The Hall–Kier alpha value is -6.38. The number of anilines is 3. The second kappa shape index (κ2) is 11.3. The minimum absolute atomic E-state index is 0.0419.